The van der Waals surface area contributed by atoms with Crippen LogP contribution < -0.4 is 10.1 Å². The minimum absolute atomic E-state index is 0.0311. The highest BCUT2D eigenvalue weighted by atomic mass is 35.5. The third kappa shape index (κ3) is 6.73. The standard InChI is InChI=1S/C22H26ClNO6/c1-14(24-12-19(25)16-5-4-6-17(23)11-16)13-30-18-9-7-15(8-10-18)20(21(26)28-2)22(27)29-3/h4-11,14,19-20,24-25H,12-13H2,1-3H3. The third-order valence-electron chi connectivity index (χ3n) is 4.48. The van der Waals surface area contributed by atoms with Crippen molar-refractivity contribution in [1.29, 1.82) is 0 Å². The summed E-state index contributed by atoms with van der Waals surface area (Å²) < 4.78 is 15.1. The van der Waals surface area contributed by atoms with Gasteiger partial charge in [0.05, 0.1) is 20.3 Å². The Balaban J connectivity index is 1.86. The van der Waals surface area contributed by atoms with E-state index >= 15 is 0 Å². The van der Waals surface area contributed by atoms with Gasteiger partial charge < -0.3 is 24.6 Å². The summed E-state index contributed by atoms with van der Waals surface area (Å²) in [7, 11) is 2.43. The van der Waals surface area contributed by atoms with Gasteiger partial charge in [0.25, 0.3) is 0 Å². The number of hydrogen-bond donors (Lipinski definition) is 2. The van der Waals surface area contributed by atoms with Crippen LogP contribution in [0.1, 0.15) is 30.1 Å². The molecule has 162 valence electrons. The molecule has 2 unspecified atom stereocenters. The molecule has 0 aliphatic heterocycles. The maximum absolute atomic E-state index is 11.9. The van der Waals surface area contributed by atoms with Gasteiger partial charge in [-0.05, 0) is 42.3 Å². The van der Waals surface area contributed by atoms with E-state index in [2.05, 4.69) is 14.8 Å². The van der Waals surface area contributed by atoms with Crippen molar-refractivity contribution in [2.45, 2.75) is 25.0 Å². The van der Waals surface area contributed by atoms with Crippen LogP contribution in [0.15, 0.2) is 48.5 Å². The van der Waals surface area contributed by atoms with Crippen molar-refractivity contribution in [1.82, 2.24) is 5.32 Å². The van der Waals surface area contributed by atoms with Crippen molar-refractivity contribution < 1.29 is 28.9 Å². The molecule has 8 heteroatoms. The van der Waals surface area contributed by atoms with Crippen LogP contribution in [-0.4, -0.2) is 50.5 Å². The Morgan fingerprint density at radius 2 is 1.67 bits per heavy atom. The number of methoxy groups -OCH3 is 2. The zero-order valence-electron chi connectivity index (χ0n) is 17.1. The van der Waals surface area contributed by atoms with Gasteiger partial charge in [0, 0.05) is 17.6 Å². The van der Waals surface area contributed by atoms with E-state index in [9.17, 15) is 14.7 Å². The monoisotopic (exact) mass is 435 g/mol. The molecular weight excluding hydrogens is 410 g/mol. The second-order valence-electron chi connectivity index (χ2n) is 6.74. The molecule has 0 aliphatic rings. The van der Waals surface area contributed by atoms with Crippen LogP contribution in [0.4, 0.5) is 0 Å². The minimum atomic E-state index is -1.14. The molecule has 0 fully saturated rings. The van der Waals surface area contributed by atoms with Gasteiger partial charge in [-0.25, -0.2) is 0 Å². The van der Waals surface area contributed by atoms with Crippen LogP contribution in [0.25, 0.3) is 0 Å². The fourth-order valence-electron chi connectivity index (χ4n) is 2.79. The molecule has 0 heterocycles. The van der Waals surface area contributed by atoms with E-state index in [0.29, 0.717) is 29.5 Å². The molecule has 2 N–H and O–H groups in total. The van der Waals surface area contributed by atoms with Crippen LogP contribution in [0.2, 0.25) is 5.02 Å². The molecule has 0 bridgehead atoms. The molecule has 30 heavy (non-hydrogen) atoms. The number of benzene rings is 2. The molecule has 0 saturated carbocycles. The number of ether oxygens (including phenoxy) is 3. The lowest BCUT2D eigenvalue weighted by Gasteiger charge is -2.18. The van der Waals surface area contributed by atoms with Crippen molar-refractivity contribution in [3.8, 4) is 5.75 Å². The molecule has 0 radical (unpaired) electrons. The molecule has 0 amide bonds. The van der Waals surface area contributed by atoms with Gasteiger partial charge in [-0.3, -0.25) is 9.59 Å². The Labute approximate surface area is 180 Å². The summed E-state index contributed by atoms with van der Waals surface area (Å²) in [5.74, 6) is -1.93. The Morgan fingerprint density at radius 3 is 2.23 bits per heavy atom. The maximum atomic E-state index is 11.9. The number of aliphatic hydroxyl groups is 1. The fourth-order valence-corrected chi connectivity index (χ4v) is 2.98. The smallest absolute Gasteiger partial charge is 0.324 e. The highest BCUT2D eigenvalue weighted by molar-refractivity contribution is 6.30. The third-order valence-corrected chi connectivity index (χ3v) is 4.72. The molecule has 0 aromatic heterocycles. The van der Waals surface area contributed by atoms with Gasteiger partial charge >= 0.3 is 11.9 Å². The van der Waals surface area contributed by atoms with Crippen LogP contribution in [-0.2, 0) is 19.1 Å². The lowest BCUT2D eigenvalue weighted by atomic mass is 9.99. The number of carbonyl (C=O) groups is 2. The minimum Gasteiger partial charge on any atom is -0.492 e. The summed E-state index contributed by atoms with van der Waals surface area (Å²) in [6.45, 7) is 2.65. The van der Waals surface area contributed by atoms with Crippen molar-refractivity contribution in [3.63, 3.8) is 0 Å². The van der Waals surface area contributed by atoms with E-state index in [-0.39, 0.29) is 6.04 Å². The van der Waals surface area contributed by atoms with Crippen molar-refractivity contribution in [2.75, 3.05) is 27.4 Å². The topological polar surface area (TPSA) is 94.1 Å². The Morgan fingerprint density at radius 1 is 1.03 bits per heavy atom. The predicted molar refractivity (Wildman–Crippen MR) is 113 cm³/mol. The van der Waals surface area contributed by atoms with Gasteiger partial charge in [-0.1, -0.05) is 35.9 Å². The highest BCUT2D eigenvalue weighted by Crippen LogP contribution is 2.22. The second-order valence-corrected chi connectivity index (χ2v) is 7.18. The Hall–Kier alpha value is -2.61. The van der Waals surface area contributed by atoms with E-state index in [0.717, 1.165) is 5.56 Å². The average Bonchev–Trinajstić information content (AvgIpc) is 2.76. The van der Waals surface area contributed by atoms with Gasteiger partial charge in [0.2, 0.25) is 0 Å². The zero-order chi connectivity index (χ0) is 22.1. The molecule has 2 atom stereocenters. The van der Waals surface area contributed by atoms with Crippen molar-refractivity contribution in [2.24, 2.45) is 0 Å². The molecule has 7 nitrogen and oxygen atoms in total. The summed E-state index contributed by atoms with van der Waals surface area (Å²) in [4.78, 5) is 23.7. The molecule has 0 aliphatic carbocycles. The lowest BCUT2D eigenvalue weighted by molar-refractivity contribution is -0.154. The first-order chi connectivity index (χ1) is 14.3. The summed E-state index contributed by atoms with van der Waals surface area (Å²) in [5.41, 5.74) is 1.20. The number of esters is 2. The summed E-state index contributed by atoms with van der Waals surface area (Å²) >= 11 is 5.95. The summed E-state index contributed by atoms with van der Waals surface area (Å²) in [5, 5.41) is 14.0. The van der Waals surface area contributed by atoms with E-state index in [1.54, 1.807) is 42.5 Å². The molecule has 2 rings (SSSR count). The van der Waals surface area contributed by atoms with Crippen LogP contribution in [0.5, 0.6) is 5.75 Å². The van der Waals surface area contributed by atoms with Crippen LogP contribution >= 0.6 is 11.6 Å². The quantitative estimate of drug-likeness (QED) is 0.437. The number of aliphatic hydroxyl groups excluding tert-OH is 1. The largest absolute Gasteiger partial charge is 0.492 e. The summed E-state index contributed by atoms with van der Waals surface area (Å²) in [6.07, 6.45) is -0.681. The summed E-state index contributed by atoms with van der Waals surface area (Å²) in [6, 6.07) is 13.6. The van der Waals surface area contributed by atoms with E-state index < -0.39 is 24.0 Å². The van der Waals surface area contributed by atoms with Gasteiger partial charge in [0.1, 0.15) is 12.4 Å². The lowest BCUT2D eigenvalue weighted by Crippen LogP contribution is -2.34. The number of carbonyl (C=O) groups excluding carboxylic acids is 2. The number of hydrogen-bond acceptors (Lipinski definition) is 7. The second kappa shape index (κ2) is 11.5. The molecule has 0 saturated heterocycles. The molecule has 0 spiro atoms. The van der Waals surface area contributed by atoms with Crippen LogP contribution in [0.3, 0.4) is 0 Å². The van der Waals surface area contributed by atoms with Gasteiger partial charge in [0.15, 0.2) is 5.92 Å². The van der Waals surface area contributed by atoms with Gasteiger partial charge in [-0.2, -0.15) is 0 Å². The normalized spacial score (nSPS) is 12.9. The average molecular weight is 436 g/mol. The Kier molecular flexibility index (Phi) is 9.11. The highest BCUT2D eigenvalue weighted by Gasteiger charge is 2.30. The molecule has 2 aromatic rings. The fraction of sp³-hybridized carbons (Fsp3) is 0.364. The Bertz CT molecular complexity index is 826. The first-order valence-electron chi connectivity index (χ1n) is 9.41. The number of halogens is 1. The number of nitrogens with one attached hydrogen (secondary N) is 1. The van der Waals surface area contributed by atoms with Gasteiger partial charge in [-0.15, -0.1) is 0 Å². The molecule has 2 aromatic carbocycles. The van der Waals surface area contributed by atoms with Crippen molar-refractivity contribution >= 4 is 23.5 Å². The van der Waals surface area contributed by atoms with Crippen LogP contribution in [0, 0.1) is 0 Å². The first kappa shape index (κ1) is 23.7. The van der Waals surface area contributed by atoms with E-state index in [1.165, 1.54) is 14.2 Å². The maximum Gasteiger partial charge on any atom is 0.324 e. The van der Waals surface area contributed by atoms with Crippen molar-refractivity contribution in [3.05, 3.63) is 64.7 Å². The zero-order valence-corrected chi connectivity index (χ0v) is 17.9. The first-order valence-corrected chi connectivity index (χ1v) is 9.78. The van der Waals surface area contributed by atoms with E-state index in [1.807, 2.05) is 13.0 Å². The predicted octanol–water partition coefficient (Wildman–Crippen LogP) is 2.86. The number of rotatable bonds is 10. The molecular formula is C22H26ClNO6. The SMILES string of the molecule is COC(=O)C(C(=O)OC)c1ccc(OCC(C)NCC(O)c2cccc(Cl)c2)cc1. The van der Waals surface area contributed by atoms with E-state index in [4.69, 9.17) is 16.3 Å².